The molecule has 0 radical (unpaired) electrons. The monoisotopic (exact) mass is 152 g/mol. The van der Waals surface area contributed by atoms with Crippen molar-refractivity contribution in [2.45, 2.75) is 40.7 Å². The Bertz CT molecular complexity index is 259. The second kappa shape index (κ2) is 2.68. The molecule has 0 saturated heterocycles. The van der Waals surface area contributed by atoms with Crippen LogP contribution in [-0.2, 0) is 0 Å². The van der Waals surface area contributed by atoms with Crippen LogP contribution in [-0.4, -0.2) is 9.55 Å². The Morgan fingerprint density at radius 1 is 1.18 bits per heavy atom. The third-order valence-electron chi connectivity index (χ3n) is 2.08. The SMILES string of the molecule is Cc1nc(C)n(C(C)C)c1C. The number of nitrogens with zero attached hydrogens (tertiary/aromatic N) is 2. The standard InChI is InChI=1S/C9H16N2/c1-6(2)11-8(4)7(3)10-9(11)5/h6H,1-5H3. The van der Waals surface area contributed by atoms with Gasteiger partial charge in [0.1, 0.15) is 5.82 Å². The molecule has 2 nitrogen and oxygen atoms in total. The van der Waals surface area contributed by atoms with Crippen LogP contribution in [0.4, 0.5) is 0 Å². The van der Waals surface area contributed by atoms with Gasteiger partial charge in [0.15, 0.2) is 0 Å². The predicted molar refractivity (Wildman–Crippen MR) is 46.8 cm³/mol. The fraction of sp³-hybridized carbons (Fsp3) is 0.667. The van der Waals surface area contributed by atoms with Gasteiger partial charge >= 0.3 is 0 Å². The minimum atomic E-state index is 0.524. The molecular weight excluding hydrogens is 136 g/mol. The molecule has 1 heterocycles. The lowest BCUT2D eigenvalue weighted by Crippen LogP contribution is -2.04. The molecule has 2 heteroatoms. The maximum Gasteiger partial charge on any atom is 0.106 e. The molecule has 0 atom stereocenters. The molecule has 0 spiro atoms. The number of hydrogen-bond donors (Lipinski definition) is 0. The quantitative estimate of drug-likeness (QED) is 0.604. The van der Waals surface area contributed by atoms with Gasteiger partial charge in [0.2, 0.25) is 0 Å². The summed E-state index contributed by atoms with van der Waals surface area (Å²) in [6.45, 7) is 10.6. The maximum absolute atomic E-state index is 4.39. The average Bonchev–Trinajstić information content (AvgIpc) is 2.07. The molecule has 1 rings (SSSR count). The first-order valence-corrected chi connectivity index (χ1v) is 4.06. The zero-order valence-electron chi connectivity index (χ0n) is 7.97. The number of rotatable bonds is 1. The highest BCUT2D eigenvalue weighted by molar-refractivity contribution is 5.14. The van der Waals surface area contributed by atoms with Gasteiger partial charge in [-0.1, -0.05) is 0 Å². The summed E-state index contributed by atoms with van der Waals surface area (Å²) in [6, 6.07) is 0.524. The van der Waals surface area contributed by atoms with Gasteiger partial charge in [-0.2, -0.15) is 0 Å². The normalized spacial score (nSPS) is 11.1. The molecule has 0 unspecified atom stereocenters. The van der Waals surface area contributed by atoms with E-state index in [9.17, 15) is 0 Å². The van der Waals surface area contributed by atoms with Crippen LogP contribution in [0.5, 0.6) is 0 Å². The van der Waals surface area contributed by atoms with E-state index in [-0.39, 0.29) is 0 Å². The topological polar surface area (TPSA) is 17.8 Å². The molecule has 0 fully saturated rings. The van der Waals surface area contributed by atoms with Crippen LogP contribution in [0.15, 0.2) is 0 Å². The molecule has 0 aromatic carbocycles. The van der Waals surface area contributed by atoms with Crippen molar-refractivity contribution in [1.29, 1.82) is 0 Å². The zero-order chi connectivity index (χ0) is 8.59. The molecule has 0 amide bonds. The van der Waals surface area contributed by atoms with E-state index in [0.717, 1.165) is 11.5 Å². The van der Waals surface area contributed by atoms with E-state index in [2.05, 4.69) is 44.2 Å². The summed E-state index contributed by atoms with van der Waals surface area (Å²) in [4.78, 5) is 4.39. The summed E-state index contributed by atoms with van der Waals surface area (Å²) < 4.78 is 2.26. The Labute approximate surface area is 68.3 Å². The molecule has 1 aromatic rings. The van der Waals surface area contributed by atoms with Crippen molar-refractivity contribution >= 4 is 0 Å². The van der Waals surface area contributed by atoms with Crippen molar-refractivity contribution in [1.82, 2.24) is 9.55 Å². The average molecular weight is 152 g/mol. The molecule has 0 aliphatic heterocycles. The van der Waals surface area contributed by atoms with Gasteiger partial charge in [0.05, 0.1) is 5.69 Å². The van der Waals surface area contributed by atoms with Crippen LogP contribution in [0.2, 0.25) is 0 Å². The minimum Gasteiger partial charge on any atom is -0.330 e. The maximum atomic E-state index is 4.39. The van der Waals surface area contributed by atoms with Crippen molar-refractivity contribution in [2.24, 2.45) is 0 Å². The van der Waals surface area contributed by atoms with Crippen LogP contribution in [0.3, 0.4) is 0 Å². The van der Waals surface area contributed by atoms with Crippen molar-refractivity contribution in [3.05, 3.63) is 17.2 Å². The van der Waals surface area contributed by atoms with Gasteiger partial charge in [-0.3, -0.25) is 0 Å². The Morgan fingerprint density at radius 3 is 1.91 bits per heavy atom. The van der Waals surface area contributed by atoms with Crippen molar-refractivity contribution < 1.29 is 0 Å². The summed E-state index contributed by atoms with van der Waals surface area (Å²) in [5, 5.41) is 0. The Morgan fingerprint density at radius 2 is 1.73 bits per heavy atom. The van der Waals surface area contributed by atoms with Crippen LogP contribution >= 0.6 is 0 Å². The van der Waals surface area contributed by atoms with Crippen molar-refractivity contribution in [2.75, 3.05) is 0 Å². The number of aryl methyl sites for hydroxylation is 2. The molecule has 1 aromatic heterocycles. The summed E-state index contributed by atoms with van der Waals surface area (Å²) in [5.74, 6) is 1.12. The van der Waals surface area contributed by atoms with Gasteiger partial charge < -0.3 is 4.57 Å². The van der Waals surface area contributed by atoms with Gasteiger partial charge in [-0.05, 0) is 34.6 Å². The molecule has 0 aliphatic carbocycles. The Hall–Kier alpha value is -0.790. The van der Waals surface area contributed by atoms with Gasteiger partial charge in [0, 0.05) is 11.7 Å². The first kappa shape index (κ1) is 8.31. The molecule has 0 bridgehead atoms. The van der Waals surface area contributed by atoms with Gasteiger partial charge in [0.25, 0.3) is 0 Å². The second-order valence-electron chi connectivity index (χ2n) is 3.29. The molecule has 11 heavy (non-hydrogen) atoms. The van der Waals surface area contributed by atoms with Crippen molar-refractivity contribution in [3.8, 4) is 0 Å². The number of hydrogen-bond acceptors (Lipinski definition) is 1. The molecule has 0 N–H and O–H groups in total. The van der Waals surface area contributed by atoms with E-state index in [1.165, 1.54) is 5.69 Å². The molecule has 0 aliphatic rings. The van der Waals surface area contributed by atoms with E-state index in [1.54, 1.807) is 0 Å². The lowest BCUT2D eigenvalue weighted by molar-refractivity contribution is 0.569. The van der Waals surface area contributed by atoms with Crippen LogP contribution in [0, 0.1) is 20.8 Å². The van der Waals surface area contributed by atoms with Crippen LogP contribution in [0.25, 0.3) is 0 Å². The highest BCUT2D eigenvalue weighted by atomic mass is 15.1. The summed E-state index contributed by atoms with van der Waals surface area (Å²) >= 11 is 0. The smallest absolute Gasteiger partial charge is 0.106 e. The van der Waals surface area contributed by atoms with E-state index in [4.69, 9.17) is 0 Å². The van der Waals surface area contributed by atoms with Crippen LogP contribution in [0.1, 0.15) is 37.1 Å². The first-order chi connectivity index (χ1) is 5.04. The van der Waals surface area contributed by atoms with Crippen LogP contribution < -0.4 is 0 Å². The van der Waals surface area contributed by atoms with E-state index < -0.39 is 0 Å². The number of aromatic nitrogens is 2. The fourth-order valence-corrected chi connectivity index (χ4v) is 1.56. The summed E-state index contributed by atoms with van der Waals surface area (Å²) in [5.41, 5.74) is 2.44. The van der Waals surface area contributed by atoms with E-state index >= 15 is 0 Å². The van der Waals surface area contributed by atoms with Gasteiger partial charge in [-0.15, -0.1) is 0 Å². The molecule has 62 valence electrons. The molecule has 0 saturated carbocycles. The third-order valence-corrected chi connectivity index (χ3v) is 2.08. The fourth-order valence-electron chi connectivity index (χ4n) is 1.56. The van der Waals surface area contributed by atoms with Gasteiger partial charge in [-0.25, -0.2) is 4.98 Å². The highest BCUT2D eigenvalue weighted by Gasteiger charge is 2.08. The largest absolute Gasteiger partial charge is 0.330 e. The van der Waals surface area contributed by atoms with Crippen molar-refractivity contribution in [3.63, 3.8) is 0 Å². The summed E-state index contributed by atoms with van der Waals surface area (Å²) in [6.07, 6.45) is 0. The minimum absolute atomic E-state index is 0.524. The lowest BCUT2D eigenvalue weighted by Gasteiger charge is -2.11. The number of imidazole rings is 1. The zero-order valence-corrected chi connectivity index (χ0v) is 7.97. The highest BCUT2D eigenvalue weighted by Crippen LogP contribution is 2.15. The van der Waals surface area contributed by atoms with E-state index in [0.29, 0.717) is 6.04 Å². The first-order valence-electron chi connectivity index (χ1n) is 4.06. The predicted octanol–water partition coefficient (Wildman–Crippen LogP) is 2.39. The Kier molecular flexibility index (Phi) is 2.03. The molecular formula is C9H16N2. The van der Waals surface area contributed by atoms with E-state index in [1.807, 2.05) is 0 Å². The third kappa shape index (κ3) is 1.30. The lowest BCUT2D eigenvalue weighted by atomic mass is 10.3. The second-order valence-corrected chi connectivity index (χ2v) is 3.29. The summed E-state index contributed by atoms with van der Waals surface area (Å²) in [7, 11) is 0. The Balaban J connectivity index is 3.22.